The second-order valence-corrected chi connectivity index (χ2v) is 5.42. The van der Waals surface area contributed by atoms with Crippen molar-refractivity contribution in [1.82, 2.24) is 4.98 Å². The molecule has 0 aliphatic heterocycles. The van der Waals surface area contributed by atoms with E-state index >= 15 is 0 Å². The summed E-state index contributed by atoms with van der Waals surface area (Å²) in [7, 11) is 0. The summed E-state index contributed by atoms with van der Waals surface area (Å²) in [5.41, 5.74) is 1.92. The molecule has 1 aromatic heterocycles. The van der Waals surface area contributed by atoms with E-state index in [2.05, 4.69) is 4.98 Å². The van der Waals surface area contributed by atoms with E-state index in [0.717, 1.165) is 17.7 Å². The van der Waals surface area contributed by atoms with Gasteiger partial charge in [0, 0.05) is 5.69 Å². The Kier molecular flexibility index (Phi) is 2.58. The van der Waals surface area contributed by atoms with E-state index in [9.17, 15) is 9.59 Å². The molecule has 1 heterocycles. The first-order valence-electron chi connectivity index (χ1n) is 6.12. The standard InChI is InChI=1S/C13H14ClNO2/c14-12(16)10-6-9-8-4-2-1-3-7(8)5-11(9)15-13(10)17/h6-8H,1-5H2,(H,15,17). The Bertz CT molecular complexity index is 535. The second kappa shape index (κ2) is 3.98. The number of hydrogen-bond acceptors (Lipinski definition) is 2. The summed E-state index contributed by atoms with van der Waals surface area (Å²) < 4.78 is 0. The van der Waals surface area contributed by atoms with E-state index in [-0.39, 0.29) is 11.1 Å². The van der Waals surface area contributed by atoms with E-state index in [1.54, 1.807) is 6.07 Å². The highest BCUT2D eigenvalue weighted by molar-refractivity contribution is 6.67. The number of fused-ring (bicyclic) bond motifs is 3. The first-order valence-corrected chi connectivity index (χ1v) is 6.50. The van der Waals surface area contributed by atoms with Gasteiger partial charge in [-0.25, -0.2) is 0 Å². The van der Waals surface area contributed by atoms with Gasteiger partial charge >= 0.3 is 0 Å². The molecule has 0 spiro atoms. The fourth-order valence-electron chi connectivity index (χ4n) is 3.35. The van der Waals surface area contributed by atoms with Crippen LogP contribution < -0.4 is 5.56 Å². The number of carbonyl (C=O) groups is 1. The maximum Gasteiger partial charge on any atom is 0.260 e. The first-order chi connectivity index (χ1) is 8.16. The second-order valence-electron chi connectivity index (χ2n) is 5.07. The van der Waals surface area contributed by atoms with Gasteiger partial charge < -0.3 is 4.98 Å². The van der Waals surface area contributed by atoms with Gasteiger partial charge in [-0.3, -0.25) is 9.59 Å². The van der Waals surface area contributed by atoms with Gasteiger partial charge in [0.05, 0.1) is 5.56 Å². The molecule has 2 atom stereocenters. The number of rotatable bonds is 1. The van der Waals surface area contributed by atoms with Crippen molar-refractivity contribution < 1.29 is 4.79 Å². The summed E-state index contributed by atoms with van der Waals surface area (Å²) in [5, 5.41) is -0.659. The summed E-state index contributed by atoms with van der Waals surface area (Å²) in [6, 6.07) is 1.72. The van der Waals surface area contributed by atoms with Crippen LogP contribution in [-0.2, 0) is 6.42 Å². The van der Waals surface area contributed by atoms with Crippen molar-refractivity contribution in [3.63, 3.8) is 0 Å². The third-order valence-electron chi connectivity index (χ3n) is 4.14. The Morgan fingerprint density at radius 3 is 2.88 bits per heavy atom. The molecule has 0 saturated heterocycles. The highest BCUT2D eigenvalue weighted by Gasteiger charge is 2.35. The number of pyridine rings is 1. The van der Waals surface area contributed by atoms with Crippen LogP contribution in [0.3, 0.4) is 0 Å². The quantitative estimate of drug-likeness (QED) is 0.780. The van der Waals surface area contributed by atoms with Gasteiger partial charge in [0.25, 0.3) is 10.8 Å². The highest BCUT2D eigenvalue weighted by Crippen LogP contribution is 2.45. The van der Waals surface area contributed by atoms with Gasteiger partial charge in [-0.1, -0.05) is 12.8 Å². The predicted octanol–water partition coefficient (Wildman–Crippen LogP) is 2.58. The van der Waals surface area contributed by atoms with E-state index < -0.39 is 5.24 Å². The average Bonchev–Trinajstić information content (AvgIpc) is 2.64. The Morgan fingerprint density at radius 1 is 1.35 bits per heavy atom. The molecule has 90 valence electrons. The summed E-state index contributed by atoms with van der Waals surface area (Å²) in [6.07, 6.45) is 5.86. The molecule has 3 nitrogen and oxygen atoms in total. The van der Waals surface area contributed by atoms with Crippen molar-refractivity contribution in [1.29, 1.82) is 0 Å². The molecule has 17 heavy (non-hydrogen) atoms. The van der Waals surface area contributed by atoms with Crippen molar-refractivity contribution >= 4 is 16.8 Å². The Balaban J connectivity index is 2.09. The van der Waals surface area contributed by atoms with Crippen molar-refractivity contribution in [2.75, 3.05) is 0 Å². The van der Waals surface area contributed by atoms with Crippen molar-refractivity contribution in [2.45, 2.75) is 38.0 Å². The van der Waals surface area contributed by atoms with E-state index in [1.165, 1.54) is 25.7 Å². The third kappa shape index (κ3) is 1.73. The van der Waals surface area contributed by atoms with Gasteiger partial charge in [-0.05, 0) is 54.3 Å². The zero-order chi connectivity index (χ0) is 12.0. The lowest BCUT2D eigenvalue weighted by molar-refractivity contribution is 0.108. The predicted molar refractivity (Wildman–Crippen MR) is 65.6 cm³/mol. The normalized spacial score (nSPS) is 26.4. The summed E-state index contributed by atoms with van der Waals surface area (Å²) in [6.45, 7) is 0. The summed E-state index contributed by atoms with van der Waals surface area (Å²) >= 11 is 5.43. The molecule has 2 aliphatic carbocycles. The lowest BCUT2D eigenvalue weighted by Crippen LogP contribution is -2.17. The fourth-order valence-corrected chi connectivity index (χ4v) is 3.49. The van der Waals surface area contributed by atoms with E-state index in [4.69, 9.17) is 11.6 Å². The average molecular weight is 252 g/mol. The molecule has 2 unspecified atom stereocenters. The van der Waals surface area contributed by atoms with Crippen LogP contribution in [0.4, 0.5) is 0 Å². The molecule has 0 bridgehead atoms. The van der Waals surface area contributed by atoms with Crippen molar-refractivity contribution in [3.05, 3.63) is 33.2 Å². The first kappa shape index (κ1) is 11.0. The molecular weight excluding hydrogens is 238 g/mol. The lowest BCUT2D eigenvalue weighted by atomic mass is 9.80. The van der Waals surface area contributed by atoms with Crippen molar-refractivity contribution in [2.24, 2.45) is 5.92 Å². The van der Waals surface area contributed by atoms with Gasteiger partial charge in [0.15, 0.2) is 0 Å². The largest absolute Gasteiger partial charge is 0.325 e. The minimum absolute atomic E-state index is 0.0941. The topological polar surface area (TPSA) is 49.9 Å². The Hall–Kier alpha value is -1.09. The van der Waals surface area contributed by atoms with Gasteiger partial charge in [0.1, 0.15) is 0 Å². The molecule has 0 amide bonds. The Labute approximate surface area is 104 Å². The minimum Gasteiger partial charge on any atom is -0.325 e. The maximum absolute atomic E-state index is 11.7. The van der Waals surface area contributed by atoms with Crippen LogP contribution in [0, 0.1) is 5.92 Å². The van der Waals surface area contributed by atoms with Crippen LogP contribution in [0.5, 0.6) is 0 Å². The molecular formula is C13H14ClNO2. The molecule has 3 rings (SSSR count). The molecule has 0 aromatic carbocycles. The number of H-pyrrole nitrogens is 1. The maximum atomic E-state index is 11.7. The third-order valence-corrected chi connectivity index (χ3v) is 4.35. The molecule has 0 radical (unpaired) electrons. The minimum atomic E-state index is -0.659. The molecule has 4 heteroatoms. The van der Waals surface area contributed by atoms with Gasteiger partial charge in [0.2, 0.25) is 0 Å². The number of aromatic amines is 1. The summed E-state index contributed by atoms with van der Waals surface area (Å²) in [4.78, 5) is 25.7. The van der Waals surface area contributed by atoms with Crippen LogP contribution in [0.2, 0.25) is 0 Å². The molecule has 1 fully saturated rings. The monoisotopic (exact) mass is 251 g/mol. The van der Waals surface area contributed by atoms with Crippen LogP contribution in [0.25, 0.3) is 0 Å². The van der Waals surface area contributed by atoms with Gasteiger partial charge in [-0.15, -0.1) is 0 Å². The number of hydrogen-bond donors (Lipinski definition) is 1. The van der Waals surface area contributed by atoms with Crippen LogP contribution in [-0.4, -0.2) is 10.2 Å². The van der Waals surface area contributed by atoms with Gasteiger partial charge in [-0.2, -0.15) is 0 Å². The smallest absolute Gasteiger partial charge is 0.260 e. The summed E-state index contributed by atoms with van der Waals surface area (Å²) in [5.74, 6) is 1.17. The number of carbonyl (C=O) groups excluding carboxylic acids is 1. The molecule has 1 saturated carbocycles. The molecule has 1 aromatic rings. The number of aromatic nitrogens is 1. The highest BCUT2D eigenvalue weighted by atomic mass is 35.5. The van der Waals surface area contributed by atoms with Crippen LogP contribution in [0.1, 0.15) is 53.2 Å². The molecule has 1 N–H and O–H groups in total. The van der Waals surface area contributed by atoms with Crippen LogP contribution in [0.15, 0.2) is 10.9 Å². The van der Waals surface area contributed by atoms with Crippen LogP contribution >= 0.6 is 11.6 Å². The SMILES string of the molecule is O=C(Cl)c1cc2c([nH]c1=O)CC1CCCCC21. The lowest BCUT2D eigenvalue weighted by Gasteiger charge is -2.25. The van der Waals surface area contributed by atoms with E-state index in [1.807, 2.05) is 0 Å². The zero-order valence-electron chi connectivity index (χ0n) is 9.46. The van der Waals surface area contributed by atoms with E-state index in [0.29, 0.717) is 11.8 Å². The Morgan fingerprint density at radius 2 is 2.12 bits per heavy atom. The fraction of sp³-hybridized carbons (Fsp3) is 0.538. The van der Waals surface area contributed by atoms with Crippen molar-refractivity contribution in [3.8, 4) is 0 Å². The number of nitrogens with one attached hydrogen (secondary N) is 1. The number of halogens is 1. The zero-order valence-corrected chi connectivity index (χ0v) is 10.2. The molecule has 2 aliphatic rings.